The Bertz CT molecular complexity index is 565. The van der Waals surface area contributed by atoms with Gasteiger partial charge in [0.05, 0.1) is 24.5 Å². The summed E-state index contributed by atoms with van der Waals surface area (Å²) in [5.41, 5.74) is -0.132. The van der Waals surface area contributed by atoms with Crippen LogP contribution in [-0.4, -0.2) is 47.8 Å². The molecule has 0 aliphatic rings. The van der Waals surface area contributed by atoms with E-state index in [1.807, 2.05) is 6.92 Å². The fraction of sp³-hybridized carbons (Fsp3) is 0.667. The summed E-state index contributed by atoms with van der Waals surface area (Å²) in [6.45, 7) is 8.50. The third-order valence-electron chi connectivity index (χ3n) is 2.82. The van der Waals surface area contributed by atoms with Crippen LogP contribution in [0.2, 0.25) is 0 Å². The summed E-state index contributed by atoms with van der Waals surface area (Å²) in [4.78, 5) is 23.4. The lowest BCUT2D eigenvalue weighted by molar-refractivity contribution is 0.0530. The Morgan fingerprint density at radius 2 is 2.09 bits per heavy atom. The summed E-state index contributed by atoms with van der Waals surface area (Å²) < 4.78 is 11.6. The van der Waals surface area contributed by atoms with Crippen molar-refractivity contribution in [1.29, 1.82) is 0 Å². The van der Waals surface area contributed by atoms with Gasteiger partial charge in [-0.1, -0.05) is 0 Å². The zero-order valence-corrected chi connectivity index (χ0v) is 14.4. The van der Waals surface area contributed by atoms with Gasteiger partial charge < -0.3 is 20.1 Å². The average Bonchev–Trinajstić information content (AvgIpc) is 2.44. The van der Waals surface area contributed by atoms with Gasteiger partial charge in [0.2, 0.25) is 0 Å². The SMILES string of the molecule is COC(C)Cn1ncc(NCCNC(=O)OC(C)(C)C)cc1=O. The molecule has 1 amide bonds. The van der Waals surface area contributed by atoms with E-state index in [1.165, 1.54) is 10.7 Å². The number of hydrogen-bond acceptors (Lipinski definition) is 6. The van der Waals surface area contributed by atoms with E-state index in [2.05, 4.69) is 15.7 Å². The van der Waals surface area contributed by atoms with Crippen molar-refractivity contribution in [3.63, 3.8) is 0 Å². The summed E-state index contributed by atoms with van der Waals surface area (Å²) >= 11 is 0. The van der Waals surface area contributed by atoms with Crippen LogP contribution in [0.3, 0.4) is 0 Å². The smallest absolute Gasteiger partial charge is 0.407 e. The Hall–Kier alpha value is -2.09. The first-order valence-electron chi connectivity index (χ1n) is 7.52. The number of nitrogens with zero attached hydrogens (tertiary/aromatic N) is 2. The third-order valence-corrected chi connectivity index (χ3v) is 2.82. The maximum absolute atomic E-state index is 11.9. The Kier molecular flexibility index (Phi) is 7.02. The molecule has 1 heterocycles. The van der Waals surface area contributed by atoms with Crippen molar-refractivity contribution < 1.29 is 14.3 Å². The molecule has 8 nitrogen and oxygen atoms in total. The molecule has 0 saturated heterocycles. The summed E-state index contributed by atoms with van der Waals surface area (Å²) in [5, 5.41) is 9.72. The maximum Gasteiger partial charge on any atom is 0.407 e. The van der Waals surface area contributed by atoms with Gasteiger partial charge in [-0.05, 0) is 27.7 Å². The molecule has 0 fully saturated rings. The number of methoxy groups -OCH3 is 1. The largest absolute Gasteiger partial charge is 0.444 e. The van der Waals surface area contributed by atoms with Crippen LogP contribution in [0.1, 0.15) is 27.7 Å². The van der Waals surface area contributed by atoms with Crippen molar-refractivity contribution in [2.24, 2.45) is 0 Å². The van der Waals surface area contributed by atoms with E-state index in [9.17, 15) is 9.59 Å². The molecule has 0 aliphatic heterocycles. The van der Waals surface area contributed by atoms with Gasteiger partial charge in [0.15, 0.2) is 0 Å². The Balaban J connectivity index is 2.40. The molecule has 1 aromatic rings. The van der Waals surface area contributed by atoms with Crippen LogP contribution < -0.4 is 16.2 Å². The van der Waals surface area contributed by atoms with Gasteiger partial charge in [0.1, 0.15) is 5.60 Å². The maximum atomic E-state index is 11.9. The number of anilines is 1. The van der Waals surface area contributed by atoms with E-state index in [-0.39, 0.29) is 11.7 Å². The summed E-state index contributed by atoms with van der Waals surface area (Å²) in [5.74, 6) is 0. The van der Waals surface area contributed by atoms with E-state index in [1.54, 1.807) is 34.1 Å². The lowest BCUT2D eigenvalue weighted by Crippen LogP contribution is -2.35. The first kappa shape index (κ1) is 19.0. The number of hydrogen-bond donors (Lipinski definition) is 2. The molecule has 0 spiro atoms. The number of amides is 1. The van der Waals surface area contributed by atoms with Crippen molar-refractivity contribution in [1.82, 2.24) is 15.1 Å². The van der Waals surface area contributed by atoms with Crippen LogP contribution in [0.4, 0.5) is 10.5 Å². The molecule has 2 N–H and O–H groups in total. The van der Waals surface area contributed by atoms with E-state index < -0.39 is 11.7 Å². The van der Waals surface area contributed by atoms with Gasteiger partial charge in [-0.15, -0.1) is 0 Å². The van der Waals surface area contributed by atoms with E-state index in [4.69, 9.17) is 9.47 Å². The molecule has 0 aliphatic carbocycles. The standard InChI is InChI=1S/C15H26N4O4/c1-11(22-5)10-19-13(20)8-12(9-18-19)16-6-7-17-14(21)23-15(2,3)4/h8-9,11,16H,6-7,10H2,1-5H3,(H,17,21). The number of aromatic nitrogens is 2. The highest BCUT2D eigenvalue weighted by molar-refractivity contribution is 5.67. The van der Waals surface area contributed by atoms with Crippen molar-refractivity contribution in [3.05, 3.63) is 22.6 Å². The minimum atomic E-state index is -0.523. The topological polar surface area (TPSA) is 94.5 Å². The van der Waals surface area contributed by atoms with Gasteiger partial charge in [-0.3, -0.25) is 4.79 Å². The second-order valence-corrected chi connectivity index (χ2v) is 6.17. The summed E-state index contributed by atoms with van der Waals surface area (Å²) in [6.07, 6.45) is 1.01. The van der Waals surface area contributed by atoms with Gasteiger partial charge >= 0.3 is 6.09 Å². The molecule has 0 radical (unpaired) electrons. The molecule has 130 valence electrons. The quantitative estimate of drug-likeness (QED) is 0.732. The Labute approximate surface area is 136 Å². The van der Waals surface area contributed by atoms with Crippen LogP contribution in [0, 0.1) is 0 Å². The van der Waals surface area contributed by atoms with Crippen LogP contribution in [-0.2, 0) is 16.0 Å². The number of ether oxygens (including phenoxy) is 2. The molecule has 0 saturated carbocycles. The van der Waals surface area contributed by atoms with E-state index in [0.29, 0.717) is 25.3 Å². The molecule has 1 atom stereocenters. The van der Waals surface area contributed by atoms with Crippen LogP contribution >= 0.6 is 0 Å². The zero-order valence-electron chi connectivity index (χ0n) is 14.4. The number of rotatable bonds is 7. The molecule has 1 rings (SSSR count). The molecular formula is C15H26N4O4. The van der Waals surface area contributed by atoms with Gasteiger partial charge in [-0.25, -0.2) is 9.48 Å². The summed E-state index contributed by atoms with van der Waals surface area (Å²) in [7, 11) is 1.59. The van der Waals surface area contributed by atoms with Crippen LogP contribution in [0.15, 0.2) is 17.1 Å². The fourth-order valence-corrected chi connectivity index (χ4v) is 1.67. The highest BCUT2D eigenvalue weighted by atomic mass is 16.6. The minimum Gasteiger partial charge on any atom is -0.444 e. The van der Waals surface area contributed by atoms with E-state index >= 15 is 0 Å². The molecule has 1 unspecified atom stereocenters. The number of carbonyl (C=O) groups is 1. The Morgan fingerprint density at radius 1 is 1.39 bits per heavy atom. The molecule has 8 heteroatoms. The second kappa shape index (κ2) is 8.52. The lowest BCUT2D eigenvalue weighted by Gasteiger charge is -2.19. The summed E-state index contributed by atoms with van der Waals surface area (Å²) in [6, 6.07) is 1.46. The zero-order chi connectivity index (χ0) is 17.5. The molecule has 0 aromatic carbocycles. The molecule has 0 bridgehead atoms. The van der Waals surface area contributed by atoms with Crippen molar-refractivity contribution in [2.45, 2.75) is 45.9 Å². The highest BCUT2D eigenvalue weighted by Gasteiger charge is 2.15. The predicted octanol–water partition coefficient (Wildman–Crippen LogP) is 1.21. The number of alkyl carbamates (subject to hydrolysis) is 1. The minimum absolute atomic E-state index is 0.0861. The van der Waals surface area contributed by atoms with Gasteiger partial charge in [-0.2, -0.15) is 5.10 Å². The molecular weight excluding hydrogens is 300 g/mol. The fourth-order valence-electron chi connectivity index (χ4n) is 1.67. The van der Waals surface area contributed by atoms with Crippen LogP contribution in [0.25, 0.3) is 0 Å². The highest BCUT2D eigenvalue weighted by Crippen LogP contribution is 2.06. The lowest BCUT2D eigenvalue weighted by atomic mass is 10.2. The predicted molar refractivity (Wildman–Crippen MR) is 87.7 cm³/mol. The number of nitrogens with one attached hydrogen (secondary N) is 2. The second-order valence-electron chi connectivity index (χ2n) is 6.17. The van der Waals surface area contributed by atoms with Crippen molar-refractivity contribution in [2.75, 3.05) is 25.5 Å². The molecule has 1 aromatic heterocycles. The Morgan fingerprint density at radius 3 is 2.65 bits per heavy atom. The first-order valence-corrected chi connectivity index (χ1v) is 7.52. The average molecular weight is 326 g/mol. The van der Waals surface area contributed by atoms with Gasteiger partial charge in [0.25, 0.3) is 5.56 Å². The number of carbonyl (C=O) groups excluding carboxylic acids is 1. The van der Waals surface area contributed by atoms with Crippen molar-refractivity contribution in [3.8, 4) is 0 Å². The first-order chi connectivity index (χ1) is 10.7. The third kappa shape index (κ3) is 7.64. The monoisotopic (exact) mass is 326 g/mol. The van der Waals surface area contributed by atoms with Gasteiger partial charge in [0, 0.05) is 26.3 Å². The van der Waals surface area contributed by atoms with E-state index in [0.717, 1.165) is 0 Å². The normalized spacial score (nSPS) is 12.6. The molecule has 23 heavy (non-hydrogen) atoms. The van der Waals surface area contributed by atoms with Crippen LogP contribution in [0.5, 0.6) is 0 Å². The van der Waals surface area contributed by atoms with Crippen molar-refractivity contribution >= 4 is 11.8 Å².